The van der Waals surface area contributed by atoms with Crippen LogP contribution in [0.3, 0.4) is 0 Å². The second-order valence-corrected chi connectivity index (χ2v) is 5.12. The minimum Gasteiger partial charge on any atom is -0.493 e. The number of benzene rings is 1. The van der Waals surface area contributed by atoms with E-state index in [1.807, 2.05) is 13.8 Å². The largest absolute Gasteiger partial charge is 0.493 e. The lowest BCUT2D eigenvalue weighted by atomic mass is 10.1. The molecule has 8 nitrogen and oxygen atoms in total. The van der Waals surface area contributed by atoms with E-state index in [1.54, 1.807) is 6.07 Å². The molecule has 0 unspecified atom stereocenters. The van der Waals surface area contributed by atoms with Crippen molar-refractivity contribution in [2.45, 2.75) is 20.1 Å². The topological polar surface area (TPSA) is 83.5 Å². The predicted molar refractivity (Wildman–Crippen MR) is 89.8 cm³/mol. The number of anilines is 1. The van der Waals surface area contributed by atoms with Crippen LogP contribution in [0.1, 0.15) is 24.2 Å². The summed E-state index contributed by atoms with van der Waals surface area (Å²) in [5.74, 6) is -0.553. The fourth-order valence-corrected chi connectivity index (χ4v) is 2.77. The molecule has 0 saturated carbocycles. The van der Waals surface area contributed by atoms with Gasteiger partial charge in [0.1, 0.15) is 0 Å². The quantitative estimate of drug-likeness (QED) is 0.493. The van der Waals surface area contributed by atoms with Gasteiger partial charge in [-0.05, 0) is 13.8 Å². The number of ether oxygens (including phenoxy) is 5. The van der Waals surface area contributed by atoms with Gasteiger partial charge in [-0.2, -0.15) is 0 Å². The molecule has 1 aliphatic heterocycles. The monoisotopic (exact) mass is 353 g/mol. The Balaban J connectivity index is 2.52. The second-order valence-electron chi connectivity index (χ2n) is 5.12. The van der Waals surface area contributed by atoms with E-state index in [4.69, 9.17) is 23.7 Å². The standard InChI is InChI=1S/C17H23NO7/c1-6-24-12(25-7-2)9-18-10-8-11(21-3)15(22-4)16(23-5)13(10)14(19)17(18)20/h8,12H,6-7,9H2,1-5H3. The van der Waals surface area contributed by atoms with Crippen molar-refractivity contribution in [1.29, 1.82) is 0 Å². The van der Waals surface area contributed by atoms with E-state index >= 15 is 0 Å². The maximum atomic E-state index is 12.5. The van der Waals surface area contributed by atoms with Crippen LogP contribution in [-0.4, -0.2) is 59.1 Å². The lowest BCUT2D eigenvalue weighted by Crippen LogP contribution is -2.39. The normalized spacial score (nSPS) is 13.4. The molecule has 1 aromatic carbocycles. The van der Waals surface area contributed by atoms with Gasteiger partial charge in [-0.3, -0.25) is 14.5 Å². The first-order valence-corrected chi connectivity index (χ1v) is 7.96. The van der Waals surface area contributed by atoms with Gasteiger partial charge < -0.3 is 23.7 Å². The number of Topliss-reactive ketones (excluding diaryl/α,β-unsaturated/α-hetero) is 1. The third-order valence-electron chi connectivity index (χ3n) is 3.80. The van der Waals surface area contributed by atoms with Gasteiger partial charge in [0, 0.05) is 19.3 Å². The van der Waals surface area contributed by atoms with E-state index in [1.165, 1.54) is 26.2 Å². The molecule has 0 spiro atoms. The van der Waals surface area contributed by atoms with Gasteiger partial charge in [-0.25, -0.2) is 0 Å². The molecule has 8 heteroatoms. The van der Waals surface area contributed by atoms with Crippen molar-refractivity contribution in [1.82, 2.24) is 0 Å². The Hall–Kier alpha value is -2.32. The highest BCUT2D eigenvalue weighted by Crippen LogP contribution is 2.48. The number of hydrogen-bond acceptors (Lipinski definition) is 7. The SMILES string of the molecule is CCOC(CN1C(=O)C(=O)c2c1cc(OC)c(OC)c2OC)OCC. The Kier molecular flexibility index (Phi) is 6.22. The summed E-state index contributed by atoms with van der Waals surface area (Å²) in [5, 5.41) is 0. The molecule has 1 aliphatic rings. The number of nitrogens with zero attached hydrogens (tertiary/aromatic N) is 1. The van der Waals surface area contributed by atoms with Crippen molar-refractivity contribution in [3.63, 3.8) is 0 Å². The van der Waals surface area contributed by atoms with E-state index in [2.05, 4.69) is 0 Å². The summed E-state index contributed by atoms with van der Waals surface area (Å²) < 4.78 is 26.9. The van der Waals surface area contributed by atoms with Crippen LogP contribution in [0.2, 0.25) is 0 Å². The predicted octanol–water partition coefficient (Wildman–Crippen LogP) is 1.64. The summed E-state index contributed by atoms with van der Waals surface area (Å²) in [7, 11) is 4.31. The minimum absolute atomic E-state index is 0.0812. The summed E-state index contributed by atoms with van der Waals surface area (Å²) in [6, 6.07) is 1.58. The van der Waals surface area contributed by atoms with Crippen LogP contribution < -0.4 is 19.1 Å². The van der Waals surface area contributed by atoms with Crippen LogP contribution in [0.25, 0.3) is 0 Å². The van der Waals surface area contributed by atoms with Crippen molar-refractivity contribution in [3.8, 4) is 17.2 Å². The van der Waals surface area contributed by atoms with Crippen molar-refractivity contribution >= 4 is 17.4 Å². The molecular formula is C17H23NO7. The van der Waals surface area contributed by atoms with Crippen LogP contribution in [0.4, 0.5) is 5.69 Å². The summed E-state index contributed by atoms with van der Waals surface area (Å²) >= 11 is 0. The molecule has 0 aliphatic carbocycles. The van der Waals surface area contributed by atoms with E-state index < -0.39 is 18.0 Å². The third kappa shape index (κ3) is 3.40. The van der Waals surface area contributed by atoms with E-state index in [0.717, 1.165) is 0 Å². The highest BCUT2D eigenvalue weighted by atomic mass is 16.7. The highest BCUT2D eigenvalue weighted by molar-refractivity contribution is 6.53. The van der Waals surface area contributed by atoms with Crippen LogP contribution in [-0.2, 0) is 14.3 Å². The maximum absolute atomic E-state index is 12.5. The molecule has 0 saturated heterocycles. The van der Waals surface area contributed by atoms with Gasteiger partial charge in [0.15, 0.2) is 17.8 Å². The van der Waals surface area contributed by atoms with E-state index in [-0.39, 0.29) is 23.6 Å². The number of rotatable bonds is 9. The van der Waals surface area contributed by atoms with Crippen LogP contribution in [0.15, 0.2) is 6.07 Å². The molecule has 25 heavy (non-hydrogen) atoms. The number of methoxy groups -OCH3 is 3. The summed E-state index contributed by atoms with van der Waals surface area (Å²) in [4.78, 5) is 26.3. The van der Waals surface area contributed by atoms with Gasteiger partial charge in [-0.1, -0.05) is 0 Å². The first-order chi connectivity index (χ1) is 12.0. The van der Waals surface area contributed by atoms with Crippen LogP contribution >= 0.6 is 0 Å². The number of fused-ring (bicyclic) bond motifs is 1. The fraction of sp³-hybridized carbons (Fsp3) is 0.529. The Morgan fingerprint density at radius 3 is 2.04 bits per heavy atom. The first-order valence-electron chi connectivity index (χ1n) is 7.96. The molecule has 0 aromatic heterocycles. The fourth-order valence-electron chi connectivity index (χ4n) is 2.77. The summed E-state index contributed by atoms with van der Waals surface area (Å²) in [6.45, 7) is 4.57. The number of amides is 1. The molecule has 0 bridgehead atoms. The van der Waals surface area contributed by atoms with Crippen molar-refractivity contribution < 1.29 is 33.3 Å². The van der Waals surface area contributed by atoms with Crippen molar-refractivity contribution in [3.05, 3.63) is 11.6 Å². The van der Waals surface area contributed by atoms with E-state index in [0.29, 0.717) is 24.7 Å². The van der Waals surface area contributed by atoms with Crippen LogP contribution in [0, 0.1) is 0 Å². The zero-order valence-electron chi connectivity index (χ0n) is 15.1. The molecule has 138 valence electrons. The lowest BCUT2D eigenvalue weighted by Gasteiger charge is -2.24. The Labute approximate surface area is 146 Å². The van der Waals surface area contributed by atoms with E-state index in [9.17, 15) is 9.59 Å². The van der Waals surface area contributed by atoms with Gasteiger partial charge in [0.05, 0.1) is 39.1 Å². The molecule has 0 N–H and O–H groups in total. The maximum Gasteiger partial charge on any atom is 0.299 e. The smallest absolute Gasteiger partial charge is 0.299 e. The van der Waals surface area contributed by atoms with Crippen LogP contribution in [0.5, 0.6) is 17.2 Å². The zero-order chi connectivity index (χ0) is 18.6. The average Bonchev–Trinajstić information content (AvgIpc) is 2.85. The molecule has 1 aromatic rings. The van der Waals surface area contributed by atoms with Gasteiger partial charge >= 0.3 is 0 Å². The number of ketones is 1. The number of hydrogen-bond donors (Lipinski definition) is 0. The Bertz CT molecular complexity index is 653. The van der Waals surface area contributed by atoms with Gasteiger partial charge in [0.25, 0.3) is 11.7 Å². The molecule has 0 radical (unpaired) electrons. The zero-order valence-corrected chi connectivity index (χ0v) is 15.1. The lowest BCUT2D eigenvalue weighted by molar-refractivity contribution is -0.134. The minimum atomic E-state index is -0.673. The third-order valence-corrected chi connectivity index (χ3v) is 3.80. The van der Waals surface area contributed by atoms with Gasteiger partial charge in [-0.15, -0.1) is 0 Å². The Morgan fingerprint density at radius 1 is 0.960 bits per heavy atom. The molecule has 0 atom stereocenters. The Morgan fingerprint density at radius 2 is 1.56 bits per heavy atom. The number of carbonyl (C=O) groups is 2. The number of carbonyl (C=O) groups excluding carboxylic acids is 2. The molecule has 0 fully saturated rings. The second kappa shape index (κ2) is 8.17. The highest BCUT2D eigenvalue weighted by Gasteiger charge is 2.42. The van der Waals surface area contributed by atoms with Gasteiger partial charge in [0.2, 0.25) is 5.75 Å². The first kappa shape index (κ1) is 19.0. The molecule has 1 amide bonds. The molecule has 2 rings (SSSR count). The molecule has 1 heterocycles. The average molecular weight is 353 g/mol. The van der Waals surface area contributed by atoms with Crippen molar-refractivity contribution in [2.24, 2.45) is 0 Å². The summed E-state index contributed by atoms with van der Waals surface area (Å²) in [6.07, 6.45) is -0.642. The molecular weight excluding hydrogens is 330 g/mol. The summed E-state index contributed by atoms with van der Waals surface area (Å²) in [5.41, 5.74) is 0.533. The van der Waals surface area contributed by atoms with Crippen molar-refractivity contribution in [2.75, 3.05) is 46.0 Å².